The highest BCUT2D eigenvalue weighted by Gasteiger charge is 2.16. The first kappa shape index (κ1) is 14.5. The third kappa shape index (κ3) is 2.78. The van der Waals surface area contributed by atoms with Crippen LogP contribution >= 0.6 is 11.3 Å². The van der Waals surface area contributed by atoms with Crippen molar-refractivity contribution in [2.24, 2.45) is 0 Å². The number of halogens is 1. The van der Waals surface area contributed by atoms with E-state index in [1.165, 1.54) is 23.5 Å². The lowest BCUT2D eigenvalue weighted by atomic mass is 10.2. The van der Waals surface area contributed by atoms with Gasteiger partial charge in [-0.25, -0.2) is 9.37 Å². The Labute approximate surface area is 130 Å². The van der Waals surface area contributed by atoms with Crippen LogP contribution in [0, 0.1) is 12.7 Å². The van der Waals surface area contributed by atoms with Crippen LogP contribution in [0.4, 0.5) is 10.1 Å². The fourth-order valence-corrected chi connectivity index (χ4v) is 3.18. The van der Waals surface area contributed by atoms with Crippen LogP contribution in [0.5, 0.6) is 0 Å². The molecule has 0 saturated heterocycles. The molecule has 0 fully saturated rings. The molecule has 0 aliphatic rings. The van der Waals surface area contributed by atoms with E-state index in [9.17, 15) is 9.18 Å². The van der Waals surface area contributed by atoms with E-state index in [-0.39, 0.29) is 11.7 Å². The van der Waals surface area contributed by atoms with Gasteiger partial charge in [0.1, 0.15) is 15.5 Å². The lowest BCUT2D eigenvalue weighted by Gasteiger charge is -2.04. The molecule has 3 N–H and O–H groups in total. The molecule has 112 valence electrons. The van der Waals surface area contributed by atoms with Crippen molar-refractivity contribution >= 4 is 33.1 Å². The molecule has 6 heteroatoms. The molecule has 3 rings (SSSR count). The maximum atomic E-state index is 12.8. The highest BCUT2D eigenvalue weighted by molar-refractivity contribution is 7.21. The molecule has 22 heavy (non-hydrogen) atoms. The largest absolute Gasteiger partial charge is 0.397 e. The first-order valence-corrected chi connectivity index (χ1v) is 7.54. The molecule has 0 spiro atoms. The quantitative estimate of drug-likeness (QED) is 0.779. The number of rotatable bonds is 3. The zero-order valence-electron chi connectivity index (χ0n) is 11.9. The molecule has 0 unspecified atom stereocenters. The van der Waals surface area contributed by atoms with Crippen LogP contribution < -0.4 is 11.1 Å². The van der Waals surface area contributed by atoms with Crippen LogP contribution in [-0.4, -0.2) is 10.9 Å². The number of thiophene rings is 1. The van der Waals surface area contributed by atoms with Gasteiger partial charge < -0.3 is 11.1 Å². The number of amides is 1. The molecule has 0 saturated carbocycles. The van der Waals surface area contributed by atoms with Crippen molar-refractivity contribution in [3.8, 4) is 0 Å². The fraction of sp³-hybridized carbons (Fsp3) is 0.125. The Hall–Kier alpha value is -2.47. The second kappa shape index (κ2) is 5.73. The summed E-state index contributed by atoms with van der Waals surface area (Å²) in [6, 6.07) is 9.74. The Balaban J connectivity index is 1.80. The van der Waals surface area contributed by atoms with Crippen LogP contribution in [0.3, 0.4) is 0 Å². The number of nitrogens with one attached hydrogen (secondary N) is 1. The summed E-state index contributed by atoms with van der Waals surface area (Å²) < 4.78 is 12.8. The number of hydrogen-bond acceptors (Lipinski definition) is 4. The van der Waals surface area contributed by atoms with Gasteiger partial charge in [0.15, 0.2) is 0 Å². The summed E-state index contributed by atoms with van der Waals surface area (Å²) in [7, 11) is 0. The maximum Gasteiger partial charge on any atom is 0.263 e. The summed E-state index contributed by atoms with van der Waals surface area (Å²) in [5.74, 6) is -0.548. The molecule has 1 amide bonds. The molecule has 0 aliphatic carbocycles. The van der Waals surface area contributed by atoms with Crippen molar-refractivity contribution in [2.75, 3.05) is 5.73 Å². The summed E-state index contributed by atoms with van der Waals surface area (Å²) in [4.78, 5) is 17.9. The van der Waals surface area contributed by atoms with Gasteiger partial charge in [-0.1, -0.05) is 12.1 Å². The number of benzene rings is 1. The topological polar surface area (TPSA) is 68.0 Å². The van der Waals surface area contributed by atoms with Crippen molar-refractivity contribution in [1.82, 2.24) is 10.3 Å². The van der Waals surface area contributed by atoms with Crippen molar-refractivity contribution in [2.45, 2.75) is 13.5 Å². The van der Waals surface area contributed by atoms with E-state index in [4.69, 9.17) is 5.73 Å². The third-order valence-corrected chi connectivity index (χ3v) is 4.42. The number of aryl methyl sites for hydroxylation is 1. The third-order valence-electron chi connectivity index (χ3n) is 3.31. The summed E-state index contributed by atoms with van der Waals surface area (Å²) in [6.45, 7) is 2.21. The lowest BCUT2D eigenvalue weighted by molar-refractivity contribution is 0.0956. The number of pyridine rings is 1. The van der Waals surface area contributed by atoms with E-state index in [1.54, 1.807) is 12.1 Å². The number of hydrogen-bond donors (Lipinski definition) is 2. The van der Waals surface area contributed by atoms with Gasteiger partial charge in [-0.3, -0.25) is 4.79 Å². The highest BCUT2D eigenvalue weighted by atomic mass is 32.1. The highest BCUT2D eigenvalue weighted by Crippen LogP contribution is 2.32. The summed E-state index contributed by atoms with van der Waals surface area (Å²) in [5, 5.41) is 3.59. The normalized spacial score (nSPS) is 10.8. The Bertz CT molecular complexity index is 842. The molecule has 0 atom stereocenters. The van der Waals surface area contributed by atoms with E-state index in [0.29, 0.717) is 17.1 Å². The molecule has 0 radical (unpaired) electrons. The summed E-state index contributed by atoms with van der Waals surface area (Å²) in [6.07, 6.45) is 0. The number of carbonyl (C=O) groups is 1. The van der Waals surface area contributed by atoms with Crippen LogP contribution in [0.1, 0.15) is 20.9 Å². The number of carbonyl (C=O) groups excluding carboxylic acids is 1. The molecule has 4 nitrogen and oxygen atoms in total. The van der Waals surface area contributed by atoms with E-state index >= 15 is 0 Å². The molecule has 2 heterocycles. The summed E-state index contributed by atoms with van der Waals surface area (Å²) >= 11 is 1.28. The van der Waals surface area contributed by atoms with Crippen LogP contribution in [0.25, 0.3) is 10.2 Å². The van der Waals surface area contributed by atoms with Gasteiger partial charge in [-0.05, 0) is 36.8 Å². The predicted molar refractivity (Wildman–Crippen MR) is 86.3 cm³/mol. The number of nitrogen functional groups attached to an aromatic ring is 1. The maximum absolute atomic E-state index is 12.8. The molecule has 0 aliphatic heterocycles. The first-order valence-electron chi connectivity index (χ1n) is 6.73. The Kier molecular flexibility index (Phi) is 3.77. The Morgan fingerprint density at radius 1 is 1.27 bits per heavy atom. The molecule has 1 aromatic carbocycles. The van der Waals surface area contributed by atoms with Crippen molar-refractivity contribution in [3.05, 3.63) is 58.3 Å². The second-order valence-electron chi connectivity index (χ2n) is 4.96. The number of anilines is 1. The van der Waals surface area contributed by atoms with Crippen molar-refractivity contribution in [3.63, 3.8) is 0 Å². The molecule has 2 aromatic heterocycles. The zero-order valence-corrected chi connectivity index (χ0v) is 12.7. The van der Waals surface area contributed by atoms with Gasteiger partial charge in [-0.2, -0.15) is 0 Å². The summed E-state index contributed by atoms with van der Waals surface area (Å²) in [5.41, 5.74) is 8.19. The van der Waals surface area contributed by atoms with E-state index in [2.05, 4.69) is 10.3 Å². The van der Waals surface area contributed by atoms with Crippen molar-refractivity contribution in [1.29, 1.82) is 0 Å². The average molecular weight is 315 g/mol. The SMILES string of the molecule is Cc1ccc2c(N)c(C(=O)NCc3ccc(F)cc3)sc2n1. The minimum absolute atomic E-state index is 0.248. The molecule has 0 bridgehead atoms. The number of aromatic nitrogens is 1. The minimum Gasteiger partial charge on any atom is -0.397 e. The van der Waals surface area contributed by atoms with Crippen LogP contribution in [0.15, 0.2) is 36.4 Å². The van der Waals surface area contributed by atoms with Gasteiger partial charge in [0.2, 0.25) is 0 Å². The van der Waals surface area contributed by atoms with Gasteiger partial charge in [-0.15, -0.1) is 11.3 Å². The van der Waals surface area contributed by atoms with Gasteiger partial charge >= 0.3 is 0 Å². The first-order chi connectivity index (χ1) is 10.5. The second-order valence-corrected chi connectivity index (χ2v) is 5.96. The van der Waals surface area contributed by atoms with E-state index in [0.717, 1.165) is 21.5 Å². The predicted octanol–water partition coefficient (Wildman–Crippen LogP) is 3.26. The molecular weight excluding hydrogens is 301 g/mol. The average Bonchev–Trinajstić information content (AvgIpc) is 2.83. The van der Waals surface area contributed by atoms with Crippen LogP contribution in [-0.2, 0) is 6.54 Å². The van der Waals surface area contributed by atoms with E-state index in [1.807, 2.05) is 19.1 Å². The van der Waals surface area contributed by atoms with Gasteiger partial charge in [0.25, 0.3) is 5.91 Å². The number of nitrogens with two attached hydrogens (primary N) is 1. The fourth-order valence-electron chi connectivity index (χ4n) is 2.12. The minimum atomic E-state index is -0.301. The number of nitrogens with zero attached hydrogens (tertiary/aromatic N) is 1. The zero-order chi connectivity index (χ0) is 15.7. The Morgan fingerprint density at radius 3 is 2.73 bits per heavy atom. The Morgan fingerprint density at radius 2 is 2.00 bits per heavy atom. The lowest BCUT2D eigenvalue weighted by Crippen LogP contribution is -2.22. The van der Waals surface area contributed by atoms with Gasteiger partial charge in [0, 0.05) is 17.6 Å². The molecule has 3 aromatic rings. The van der Waals surface area contributed by atoms with Gasteiger partial charge in [0.05, 0.1) is 5.69 Å². The molecular formula is C16H14FN3OS. The number of fused-ring (bicyclic) bond motifs is 1. The van der Waals surface area contributed by atoms with Crippen LogP contribution in [0.2, 0.25) is 0 Å². The monoisotopic (exact) mass is 315 g/mol. The standard InChI is InChI=1S/C16H14FN3OS/c1-9-2-7-12-13(18)14(22-16(12)20-9)15(21)19-8-10-3-5-11(17)6-4-10/h2-7H,8,18H2,1H3,(H,19,21). The van der Waals surface area contributed by atoms with E-state index < -0.39 is 0 Å². The smallest absolute Gasteiger partial charge is 0.263 e. The van der Waals surface area contributed by atoms with Crippen molar-refractivity contribution < 1.29 is 9.18 Å².